The van der Waals surface area contributed by atoms with Crippen molar-refractivity contribution < 1.29 is 14.7 Å². The summed E-state index contributed by atoms with van der Waals surface area (Å²) in [5, 5.41) is 11.3. The van der Waals surface area contributed by atoms with E-state index in [0.717, 1.165) is 17.7 Å². The zero-order valence-electron chi connectivity index (χ0n) is 11.2. The van der Waals surface area contributed by atoms with Gasteiger partial charge in [-0.05, 0) is 12.8 Å². The monoisotopic (exact) mass is 302 g/mol. The molecule has 1 amide bonds. The van der Waals surface area contributed by atoms with Crippen LogP contribution in [0.4, 0.5) is 0 Å². The third kappa shape index (κ3) is 2.67. The summed E-state index contributed by atoms with van der Waals surface area (Å²) in [6.07, 6.45) is 1.23. The van der Waals surface area contributed by atoms with Gasteiger partial charge in [-0.15, -0.1) is 11.3 Å². The van der Waals surface area contributed by atoms with Gasteiger partial charge in [0.25, 0.3) is 5.91 Å². The van der Waals surface area contributed by atoms with E-state index >= 15 is 0 Å². The van der Waals surface area contributed by atoms with E-state index < -0.39 is 12.0 Å². The quantitative estimate of drug-likeness (QED) is 0.945. The highest BCUT2D eigenvalue weighted by Gasteiger charge is 2.35. The van der Waals surface area contributed by atoms with E-state index in [2.05, 4.69) is 4.98 Å². The van der Waals surface area contributed by atoms with Crippen molar-refractivity contribution in [2.24, 2.45) is 0 Å². The molecule has 21 heavy (non-hydrogen) atoms. The second-order valence-electron chi connectivity index (χ2n) is 4.90. The van der Waals surface area contributed by atoms with E-state index in [-0.39, 0.29) is 5.91 Å². The van der Waals surface area contributed by atoms with Gasteiger partial charge in [-0.1, -0.05) is 30.3 Å². The number of amides is 1. The lowest BCUT2D eigenvalue weighted by molar-refractivity contribution is -0.141. The smallest absolute Gasteiger partial charge is 0.326 e. The molecule has 0 saturated carbocycles. The van der Waals surface area contributed by atoms with Crippen molar-refractivity contribution in [2.75, 3.05) is 6.54 Å². The van der Waals surface area contributed by atoms with Crippen LogP contribution in [-0.2, 0) is 4.79 Å². The van der Waals surface area contributed by atoms with Gasteiger partial charge in [0, 0.05) is 17.5 Å². The number of aromatic nitrogens is 1. The number of hydrogen-bond acceptors (Lipinski definition) is 4. The molecule has 2 aromatic rings. The number of rotatable bonds is 3. The van der Waals surface area contributed by atoms with Crippen LogP contribution in [-0.4, -0.2) is 39.5 Å². The van der Waals surface area contributed by atoms with Crippen molar-refractivity contribution in [1.29, 1.82) is 0 Å². The second-order valence-corrected chi connectivity index (χ2v) is 5.76. The number of carbonyl (C=O) groups is 2. The summed E-state index contributed by atoms with van der Waals surface area (Å²) in [6.45, 7) is 0.482. The molecule has 1 N–H and O–H groups in total. The molecule has 0 unspecified atom stereocenters. The predicted octanol–water partition coefficient (Wildman–Crippen LogP) is 2.50. The van der Waals surface area contributed by atoms with Crippen molar-refractivity contribution in [3.63, 3.8) is 0 Å². The highest BCUT2D eigenvalue weighted by atomic mass is 32.1. The Hall–Kier alpha value is -2.21. The molecule has 3 rings (SSSR count). The summed E-state index contributed by atoms with van der Waals surface area (Å²) < 4.78 is 0. The van der Waals surface area contributed by atoms with Crippen LogP contribution in [0.1, 0.15) is 22.6 Å². The number of carboxylic acid groups (broad SMARTS) is 1. The topological polar surface area (TPSA) is 70.5 Å². The zero-order chi connectivity index (χ0) is 14.8. The van der Waals surface area contributed by atoms with Gasteiger partial charge in [-0.25, -0.2) is 9.78 Å². The molecule has 0 spiro atoms. The first kappa shape index (κ1) is 13.8. The summed E-state index contributed by atoms with van der Waals surface area (Å²) in [5.41, 5.74) is 1.69. The molecule has 0 bridgehead atoms. The first-order chi connectivity index (χ1) is 10.2. The fourth-order valence-corrected chi connectivity index (χ4v) is 3.28. The molecule has 1 aliphatic heterocycles. The van der Waals surface area contributed by atoms with E-state index in [1.807, 2.05) is 35.7 Å². The summed E-state index contributed by atoms with van der Waals surface area (Å²) in [5.74, 6) is -1.23. The van der Waals surface area contributed by atoms with Gasteiger partial charge >= 0.3 is 5.97 Å². The molecule has 1 aromatic heterocycles. The van der Waals surface area contributed by atoms with Crippen LogP contribution in [0.15, 0.2) is 35.7 Å². The highest BCUT2D eigenvalue weighted by Crippen LogP contribution is 2.25. The van der Waals surface area contributed by atoms with E-state index in [4.69, 9.17) is 5.11 Å². The number of aliphatic carboxylic acids is 1. The Morgan fingerprint density at radius 1 is 1.29 bits per heavy atom. The fourth-order valence-electron chi connectivity index (χ4n) is 2.50. The molecule has 0 radical (unpaired) electrons. The number of nitrogens with zero attached hydrogens (tertiary/aromatic N) is 2. The van der Waals surface area contributed by atoms with Crippen LogP contribution < -0.4 is 0 Å². The summed E-state index contributed by atoms with van der Waals surface area (Å²) in [6, 6.07) is 8.89. The van der Waals surface area contributed by atoms with Crippen LogP contribution in [0.5, 0.6) is 0 Å². The lowest BCUT2D eigenvalue weighted by atomic mass is 10.2. The standard InChI is InChI=1S/C15H14N2O3S/c18-14(17-8-4-7-12(17)15(19)20)13-16-11(9-21-13)10-5-2-1-3-6-10/h1-3,5-6,9,12H,4,7-8H2,(H,19,20)/t12-/m1/s1. The maximum Gasteiger partial charge on any atom is 0.326 e. The molecule has 1 saturated heterocycles. The van der Waals surface area contributed by atoms with Crippen LogP contribution in [0, 0.1) is 0 Å². The number of thiazole rings is 1. The summed E-state index contributed by atoms with van der Waals surface area (Å²) in [7, 11) is 0. The maximum atomic E-state index is 12.4. The summed E-state index contributed by atoms with van der Waals surface area (Å²) in [4.78, 5) is 29.3. The van der Waals surface area contributed by atoms with Gasteiger partial charge in [0.2, 0.25) is 0 Å². The van der Waals surface area contributed by atoms with Crippen LogP contribution in [0.3, 0.4) is 0 Å². The maximum absolute atomic E-state index is 12.4. The number of carbonyl (C=O) groups excluding carboxylic acids is 1. The van der Waals surface area contributed by atoms with E-state index in [1.165, 1.54) is 16.2 Å². The third-order valence-corrected chi connectivity index (χ3v) is 4.39. The van der Waals surface area contributed by atoms with Crippen molar-refractivity contribution >= 4 is 23.2 Å². The Bertz CT molecular complexity index is 669. The predicted molar refractivity (Wildman–Crippen MR) is 79.2 cm³/mol. The van der Waals surface area contributed by atoms with Gasteiger partial charge in [0.1, 0.15) is 6.04 Å². The Labute approximate surface area is 125 Å². The van der Waals surface area contributed by atoms with Crippen molar-refractivity contribution in [2.45, 2.75) is 18.9 Å². The van der Waals surface area contributed by atoms with Crippen molar-refractivity contribution in [1.82, 2.24) is 9.88 Å². The molecular weight excluding hydrogens is 288 g/mol. The van der Waals surface area contributed by atoms with Crippen LogP contribution in [0.2, 0.25) is 0 Å². The van der Waals surface area contributed by atoms with Gasteiger partial charge in [0.15, 0.2) is 5.01 Å². The van der Waals surface area contributed by atoms with Crippen LogP contribution >= 0.6 is 11.3 Å². The first-order valence-electron chi connectivity index (χ1n) is 6.71. The largest absolute Gasteiger partial charge is 0.480 e. The Morgan fingerprint density at radius 2 is 2.05 bits per heavy atom. The molecule has 0 aliphatic carbocycles. The molecule has 1 atom stereocenters. The summed E-state index contributed by atoms with van der Waals surface area (Å²) >= 11 is 1.26. The SMILES string of the molecule is O=C(O)[C@H]1CCCN1C(=O)c1nc(-c2ccccc2)cs1. The number of hydrogen-bond donors (Lipinski definition) is 1. The normalized spacial score (nSPS) is 17.9. The molecule has 2 heterocycles. The Kier molecular flexibility index (Phi) is 3.70. The van der Waals surface area contributed by atoms with E-state index in [9.17, 15) is 9.59 Å². The van der Waals surface area contributed by atoms with Gasteiger partial charge in [-0.2, -0.15) is 0 Å². The molecule has 108 valence electrons. The molecule has 1 aromatic carbocycles. The Morgan fingerprint density at radius 3 is 2.76 bits per heavy atom. The van der Waals surface area contributed by atoms with Crippen molar-refractivity contribution in [3.05, 3.63) is 40.7 Å². The molecule has 1 fully saturated rings. The Balaban J connectivity index is 1.83. The lowest BCUT2D eigenvalue weighted by Gasteiger charge is -2.19. The lowest BCUT2D eigenvalue weighted by Crippen LogP contribution is -2.40. The molecule has 6 heteroatoms. The first-order valence-corrected chi connectivity index (χ1v) is 7.59. The minimum Gasteiger partial charge on any atom is -0.480 e. The fraction of sp³-hybridized carbons (Fsp3) is 0.267. The van der Waals surface area contributed by atoms with Crippen LogP contribution in [0.25, 0.3) is 11.3 Å². The average molecular weight is 302 g/mol. The van der Waals surface area contributed by atoms with E-state index in [1.54, 1.807) is 0 Å². The minimum atomic E-state index is -0.944. The molecule has 5 nitrogen and oxygen atoms in total. The third-order valence-electron chi connectivity index (χ3n) is 3.56. The van der Waals surface area contributed by atoms with Gasteiger partial charge in [-0.3, -0.25) is 4.79 Å². The number of likely N-dealkylation sites (tertiary alicyclic amines) is 1. The number of benzene rings is 1. The van der Waals surface area contributed by atoms with Crippen molar-refractivity contribution in [3.8, 4) is 11.3 Å². The zero-order valence-corrected chi connectivity index (χ0v) is 12.0. The second kappa shape index (κ2) is 5.65. The molecular formula is C15H14N2O3S. The van der Waals surface area contributed by atoms with E-state index in [0.29, 0.717) is 18.0 Å². The highest BCUT2D eigenvalue weighted by molar-refractivity contribution is 7.12. The van der Waals surface area contributed by atoms with Gasteiger partial charge in [0.05, 0.1) is 5.69 Å². The van der Waals surface area contributed by atoms with Gasteiger partial charge < -0.3 is 10.0 Å². The minimum absolute atomic E-state index is 0.285. The number of carboxylic acids is 1. The molecule has 1 aliphatic rings. The average Bonchev–Trinajstić information content (AvgIpc) is 3.17.